The molecule has 2 heteroatoms. The summed E-state index contributed by atoms with van der Waals surface area (Å²) in [6.45, 7) is 7.06. The molecule has 0 fully saturated rings. The van der Waals surface area contributed by atoms with Crippen molar-refractivity contribution in [3.63, 3.8) is 0 Å². The van der Waals surface area contributed by atoms with Crippen molar-refractivity contribution in [3.05, 3.63) is 30.9 Å². The van der Waals surface area contributed by atoms with Gasteiger partial charge in [-0.15, -0.1) is 6.42 Å². The average Bonchev–Trinajstić information content (AvgIpc) is 2.08. The number of allylic oxidation sites excluding steroid dienone is 4. The minimum atomic E-state index is -1.01. The largest absolute Gasteiger partial charge is 2.00 e. The Hall–Kier alpha value is 0.411. The van der Waals surface area contributed by atoms with Crippen LogP contribution in [0.1, 0.15) is 6.42 Å². The van der Waals surface area contributed by atoms with Gasteiger partial charge >= 0.3 is 21.7 Å². The summed E-state index contributed by atoms with van der Waals surface area (Å²) in [6.07, 6.45) is 8.82. The smallest absolute Gasteiger partial charge is 0.358 e. The van der Waals surface area contributed by atoms with E-state index in [1.54, 1.807) is 0 Å². The number of rotatable bonds is 1. The van der Waals surface area contributed by atoms with Crippen molar-refractivity contribution >= 4 is 8.07 Å². The maximum Gasteiger partial charge on any atom is 2.00 e. The normalized spacial score (nSPS) is 15.0. The Bertz CT molecular complexity index is 163. The zero-order chi connectivity index (χ0) is 6.91. The molecule has 1 aliphatic carbocycles. The topological polar surface area (TPSA) is 0 Å². The van der Waals surface area contributed by atoms with Gasteiger partial charge < -0.3 is 7.43 Å². The average molecular weight is 200 g/mol. The molecule has 0 aromatic heterocycles. The van der Waals surface area contributed by atoms with Crippen LogP contribution in [0, 0.1) is 13.5 Å². The predicted molar refractivity (Wildman–Crippen MR) is 50.3 cm³/mol. The van der Waals surface area contributed by atoms with E-state index in [1.807, 2.05) is 0 Å². The van der Waals surface area contributed by atoms with E-state index in [4.69, 9.17) is 0 Å². The standard InChI is InChI=1S/C8H13Si.CH3.Ti/c1-9(2,3)8-6-4-5-7-8;;/h4,6H,5H2,1-3H3;1H3;/q2*-1;+2. The van der Waals surface area contributed by atoms with E-state index in [-0.39, 0.29) is 29.1 Å². The van der Waals surface area contributed by atoms with Gasteiger partial charge in [0.15, 0.2) is 0 Å². The molecule has 0 spiro atoms. The van der Waals surface area contributed by atoms with Crippen molar-refractivity contribution in [2.75, 3.05) is 0 Å². The van der Waals surface area contributed by atoms with Crippen LogP contribution in [-0.4, -0.2) is 8.07 Å². The molecule has 0 aromatic carbocycles. The van der Waals surface area contributed by atoms with Gasteiger partial charge in [-0.25, -0.2) is 11.3 Å². The fourth-order valence-electron chi connectivity index (χ4n) is 0.920. The summed E-state index contributed by atoms with van der Waals surface area (Å²) in [5.74, 6) is 0. The Morgan fingerprint density at radius 1 is 1.36 bits per heavy atom. The Morgan fingerprint density at radius 2 is 1.91 bits per heavy atom. The second kappa shape index (κ2) is 5.13. The third-order valence-corrected chi connectivity index (χ3v) is 3.46. The molecule has 0 bridgehead atoms. The first-order valence-electron chi connectivity index (χ1n) is 3.38. The Labute approximate surface area is 86.7 Å². The first-order chi connectivity index (χ1) is 4.11. The molecule has 0 amide bonds. The summed E-state index contributed by atoms with van der Waals surface area (Å²) >= 11 is 0. The first-order valence-corrected chi connectivity index (χ1v) is 6.88. The Kier molecular flexibility index (Phi) is 6.51. The van der Waals surface area contributed by atoms with Gasteiger partial charge in [-0.2, -0.15) is 6.08 Å². The third kappa shape index (κ3) is 4.10. The molecule has 1 rings (SSSR count). The van der Waals surface area contributed by atoms with Gasteiger partial charge in [0, 0.05) is 8.07 Å². The molecule has 0 radical (unpaired) electrons. The van der Waals surface area contributed by atoms with Crippen molar-refractivity contribution in [1.29, 1.82) is 0 Å². The van der Waals surface area contributed by atoms with Crippen LogP contribution in [0.2, 0.25) is 19.6 Å². The fraction of sp³-hybridized carbons (Fsp3) is 0.444. The molecular formula is C9H16SiTi. The summed E-state index contributed by atoms with van der Waals surface area (Å²) < 4.78 is 0. The molecule has 60 valence electrons. The van der Waals surface area contributed by atoms with Crippen molar-refractivity contribution < 1.29 is 21.7 Å². The van der Waals surface area contributed by atoms with Crippen LogP contribution in [-0.2, 0) is 21.7 Å². The zero-order valence-corrected chi connectivity index (χ0v) is 10.4. The summed E-state index contributed by atoms with van der Waals surface area (Å²) in [7, 11) is -1.01. The predicted octanol–water partition coefficient (Wildman–Crippen LogP) is 3.00. The van der Waals surface area contributed by atoms with Crippen molar-refractivity contribution in [1.82, 2.24) is 0 Å². The van der Waals surface area contributed by atoms with E-state index in [0.717, 1.165) is 6.42 Å². The van der Waals surface area contributed by atoms with E-state index >= 15 is 0 Å². The van der Waals surface area contributed by atoms with E-state index in [9.17, 15) is 0 Å². The number of hydrogen-bond donors (Lipinski definition) is 0. The van der Waals surface area contributed by atoms with Crippen LogP contribution < -0.4 is 0 Å². The number of hydrogen-bond acceptors (Lipinski definition) is 0. The second-order valence-electron chi connectivity index (χ2n) is 3.45. The van der Waals surface area contributed by atoms with Gasteiger partial charge in [-0.05, 0) is 0 Å². The molecule has 1 aliphatic rings. The van der Waals surface area contributed by atoms with Gasteiger partial charge in [-0.1, -0.05) is 19.6 Å². The zero-order valence-electron chi connectivity index (χ0n) is 7.86. The van der Waals surface area contributed by atoms with Crippen LogP contribution in [0.3, 0.4) is 0 Å². The first kappa shape index (κ1) is 14.0. The maximum absolute atomic E-state index is 3.36. The van der Waals surface area contributed by atoms with Crippen LogP contribution in [0.25, 0.3) is 0 Å². The molecule has 0 aromatic rings. The molecule has 0 nitrogen and oxygen atoms in total. The maximum atomic E-state index is 3.36. The molecule has 0 saturated heterocycles. The summed E-state index contributed by atoms with van der Waals surface area (Å²) in [6, 6.07) is 0. The van der Waals surface area contributed by atoms with E-state index in [0.29, 0.717) is 0 Å². The quantitative estimate of drug-likeness (QED) is 0.451. The monoisotopic (exact) mass is 200 g/mol. The van der Waals surface area contributed by atoms with Crippen LogP contribution in [0.15, 0.2) is 17.3 Å². The molecule has 0 saturated carbocycles. The Balaban J connectivity index is 0. The molecule has 11 heavy (non-hydrogen) atoms. The minimum Gasteiger partial charge on any atom is -0.358 e. The van der Waals surface area contributed by atoms with Gasteiger partial charge in [0.2, 0.25) is 0 Å². The molecule has 0 heterocycles. The van der Waals surface area contributed by atoms with Gasteiger partial charge in [0.05, 0.1) is 0 Å². The molecular weight excluding hydrogens is 184 g/mol. The Morgan fingerprint density at radius 3 is 2.09 bits per heavy atom. The molecule has 0 unspecified atom stereocenters. The minimum absolute atomic E-state index is 0. The molecule has 0 atom stereocenters. The molecule has 0 N–H and O–H groups in total. The van der Waals surface area contributed by atoms with E-state index in [2.05, 4.69) is 37.9 Å². The summed E-state index contributed by atoms with van der Waals surface area (Å²) in [5.41, 5.74) is 0. The van der Waals surface area contributed by atoms with Crippen LogP contribution in [0.5, 0.6) is 0 Å². The third-order valence-electron chi connectivity index (χ3n) is 1.50. The van der Waals surface area contributed by atoms with Crippen molar-refractivity contribution in [2.45, 2.75) is 26.1 Å². The van der Waals surface area contributed by atoms with Gasteiger partial charge in [-0.3, -0.25) is 6.08 Å². The summed E-state index contributed by atoms with van der Waals surface area (Å²) in [4.78, 5) is 0. The second-order valence-corrected chi connectivity index (χ2v) is 8.49. The van der Waals surface area contributed by atoms with Crippen LogP contribution >= 0.6 is 0 Å². The molecule has 0 aliphatic heterocycles. The van der Waals surface area contributed by atoms with Gasteiger partial charge in [0.25, 0.3) is 0 Å². The van der Waals surface area contributed by atoms with E-state index < -0.39 is 8.07 Å². The van der Waals surface area contributed by atoms with Crippen molar-refractivity contribution in [2.24, 2.45) is 0 Å². The fourth-order valence-corrected chi connectivity index (χ4v) is 2.17. The van der Waals surface area contributed by atoms with Gasteiger partial charge in [0.1, 0.15) is 0 Å². The summed E-state index contributed by atoms with van der Waals surface area (Å²) in [5, 5.41) is 1.49. The van der Waals surface area contributed by atoms with E-state index in [1.165, 1.54) is 5.20 Å². The van der Waals surface area contributed by atoms with Crippen molar-refractivity contribution in [3.8, 4) is 0 Å². The van der Waals surface area contributed by atoms with Crippen LogP contribution in [0.4, 0.5) is 0 Å². The SMILES string of the molecule is C[Si](C)(C)C1=[C-]CC=C1.[CH3-].[Ti+2].